The first-order valence-electron chi connectivity index (χ1n) is 5.65. The number of hydrogen-bond acceptors (Lipinski definition) is 6. The summed E-state index contributed by atoms with van der Waals surface area (Å²) in [7, 11) is 0. The van der Waals surface area contributed by atoms with E-state index in [4.69, 9.17) is 28.9 Å². The molecule has 0 spiro atoms. The average Bonchev–Trinajstić information content (AvgIpc) is 2.47. The van der Waals surface area contributed by atoms with E-state index in [1.54, 1.807) is 0 Å². The van der Waals surface area contributed by atoms with Gasteiger partial charge in [-0.2, -0.15) is 0 Å². The Morgan fingerprint density at radius 3 is 2.23 bits per heavy atom. The molecular formula is C12H7Cl2N3O4S. The van der Waals surface area contributed by atoms with Crippen molar-refractivity contribution in [1.82, 2.24) is 0 Å². The maximum atomic E-state index is 11.1. The predicted molar refractivity (Wildman–Crippen MR) is 84.7 cm³/mol. The van der Waals surface area contributed by atoms with Crippen LogP contribution in [0.1, 0.15) is 0 Å². The van der Waals surface area contributed by atoms with Crippen LogP contribution in [-0.2, 0) is 0 Å². The topological polar surface area (TPSA) is 112 Å². The summed E-state index contributed by atoms with van der Waals surface area (Å²) in [6.45, 7) is 0. The number of anilines is 1. The van der Waals surface area contributed by atoms with Gasteiger partial charge in [0.2, 0.25) is 0 Å². The molecule has 0 aromatic heterocycles. The number of hydrogen-bond donors (Lipinski definition) is 1. The lowest BCUT2D eigenvalue weighted by molar-refractivity contribution is -0.396. The third-order valence-electron chi connectivity index (χ3n) is 2.66. The van der Waals surface area contributed by atoms with E-state index in [1.807, 2.05) is 0 Å². The zero-order valence-corrected chi connectivity index (χ0v) is 13.0. The quantitative estimate of drug-likeness (QED) is 0.486. The van der Waals surface area contributed by atoms with Crippen LogP contribution in [0.5, 0.6) is 0 Å². The van der Waals surface area contributed by atoms with E-state index < -0.39 is 15.5 Å². The summed E-state index contributed by atoms with van der Waals surface area (Å²) in [5, 5.41) is 22.4. The molecular weight excluding hydrogens is 353 g/mol. The van der Waals surface area contributed by atoms with Crippen LogP contribution in [0.4, 0.5) is 17.1 Å². The molecule has 10 heteroatoms. The van der Waals surface area contributed by atoms with Crippen LogP contribution in [0, 0.1) is 20.2 Å². The zero-order chi connectivity index (χ0) is 16.4. The highest BCUT2D eigenvalue weighted by molar-refractivity contribution is 7.99. The van der Waals surface area contributed by atoms with Gasteiger partial charge in [0.15, 0.2) is 0 Å². The largest absolute Gasteiger partial charge is 0.397 e. The molecule has 0 radical (unpaired) electrons. The Bertz CT molecular complexity index is 785. The van der Waals surface area contributed by atoms with Gasteiger partial charge < -0.3 is 5.73 Å². The molecule has 2 aromatic carbocycles. The summed E-state index contributed by atoms with van der Waals surface area (Å²) >= 11 is 12.9. The molecule has 2 rings (SSSR count). The van der Waals surface area contributed by atoms with Gasteiger partial charge in [-0.15, -0.1) is 0 Å². The Balaban J connectivity index is 2.53. The lowest BCUT2D eigenvalue weighted by Crippen LogP contribution is -1.96. The van der Waals surface area contributed by atoms with Crippen LogP contribution in [0.15, 0.2) is 40.1 Å². The number of benzene rings is 2. The molecule has 2 aromatic rings. The lowest BCUT2D eigenvalue weighted by Gasteiger charge is -2.09. The fourth-order valence-electron chi connectivity index (χ4n) is 1.61. The van der Waals surface area contributed by atoms with Gasteiger partial charge in [-0.05, 0) is 18.2 Å². The molecule has 0 bridgehead atoms. The Morgan fingerprint density at radius 2 is 1.64 bits per heavy atom. The molecule has 22 heavy (non-hydrogen) atoms. The van der Waals surface area contributed by atoms with Crippen molar-refractivity contribution in [2.75, 3.05) is 5.73 Å². The second-order valence-electron chi connectivity index (χ2n) is 4.04. The van der Waals surface area contributed by atoms with Crippen molar-refractivity contribution in [2.45, 2.75) is 9.79 Å². The molecule has 0 heterocycles. The fraction of sp³-hybridized carbons (Fsp3) is 0. The molecule has 0 atom stereocenters. The van der Waals surface area contributed by atoms with E-state index in [0.717, 1.165) is 17.8 Å². The molecule has 0 fully saturated rings. The molecule has 114 valence electrons. The molecule has 0 aliphatic heterocycles. The van der Waals surface area contributed by atoms with Gasteiger partial charge in [-0.25, -0.2) is 0 Å². The highest BCUT2D eigenvalue weighted by atomic mass is 35.5. The first-order valence-corrected chi connectivity index (χ1v) is 7.22. The molecule has 0 aliphatic carbocycles. The van der Waals surface area contributed by atoms with Crippen LogP contribution >= 0.6 is 35.0 Å². The number of nitro groups is 2. The monoisotopic (exact) mass is 359 g/mol. The Morgan fingerprint density at radius 1 is 1.00 bits per heavy atom. The van der Waals surface area contributed by atoms with Gasteiger partial charge in [-0.1, -0.05) is 35.0 Å². The Kier molecular flexibility index (Phi) is 4.74. The van der Waals surface area contributed by atoms with Crippen LogP contribution in [0.25, 0.3) is 0 Å². The van der Waals surface area contributed by atoms with E-state index in [0.29, 0.717) is 4.90 Å². The van der Waals surface area contributed by atoms with Crippen LogP contribution in [0.2, 0.25) is 10.0 Å². The fourth-order valence-corrected chi connectivity index (χ4v) is 3.08. The van der Waals surface area contributed by atoms with Crippen molar-refractivity contribution in [3.63, 3.8) is 0 Å². The second kappa shape index (κ2) is 6.39. The minimum atomic E-state index is -0.706. The van der Waals surface area contributed by atoms with E-state index >= 15 is 0 Å². The SMILES string of the molecule is Nc1c(Cl)ccc(Cl)c1Sc1ccc([N+](=O)[O-])cc1[N+](=O)[O-]. The number of nitrogen functional groups attached to an aromatic ring is 1. The van der Waals surface area contributed by atoms with Crippen LogP contribution < -0.4 is 5.73 Å². The summed E-state index contributed by atoms with van der Waals surface area (Å²) < 4.78 is 0. The smallest absolute Gasteiger partial charge is 0.290 e. The molecule has 0 saturated heterocycles. The van der Waals surface area contributed by atoms with Crippen molar-refractivity contribution in [3.8, 4) is 0 Å². The van der Waals surface area contributed by atoms with Gasteiger partial charge in [0.25, 0.3) is 11.4 Å². The van der Waals surface area contributed by atoms with E-state index in [-0.39, 0.29) is 26.3 Å². The van der Waals surface area contributed by atoms with E-state index in [1.165, 1.54) is 24.3 Å². The van der Waals surface area contributed by atoms with Crippen molar-refractivity contribution in [3.05, 3.63) is 60.6 Å². The minimum absolute atomic E-state index is 0.173. The standard InChI is InChI=1S/C12H7Cl2N3O4S/c13-7-2-3-8(14)12(11(7)15)22-10-4-1-6(16(18)19)5-9(10)17(20)21/h1-5H,15H2. The zero-order valence-electron chi connectivity index (χ0n) is 10.7. The summed E-state index contributed by atoms with van der Waals surface area (Å²) in [4.78, 5) is 20.9. The number of non-ortho nitro benzene ring substituents is 1. The summed E-state index contributed by atoms with van der Waals surface area (Å²) in [5.41, 5.74) is 5.23. The van der Waals surface area contributed by atoms with Crippen molar-refractivity contribution in [2.24, 2.45) is 0 Å². The average molecular weight is 360 g/mol. The van der Waals surface area contributed by atoms with Crippen molar-refractivity contribution >= 4 is 52.0 Å². The van der Waals surface area contributed by atoms with Crippen LogP contribution in [-0.4, -0.2) is 9.85 Å². The maximum absolute atomic E-state index is 11.1. The molecule has 2 N–H and O–H groups in total. The van der Waals surface area contributed by atoms with Crippen molar-refractivity contribution < 1.29 is 9.85 Å². The second-order valence-corrected chi connectivity index (χ2v) is 5.91. The molecule has 7 nitrogen and oxygen atoms in total. The molecule has 0 aliphatic rings. The number of rotatable bonds is 4. The summed E-state index contributed by atoms with van der Waals surface area (Å²) in [6.07, 6.45) is 0. The summed E-state index contributed by atoms with van der Waals surface area (Å²) in [5.74, 6) is 0. The number of nitro benzene ring substituents is 2. The minimum Gasteiger partial charge on any atom is -0.397 e. The predicted octanol–water partition coefficient (Wildman–Crippen LogP) is 4.54. The first-order chi connectivity index (χ1) is 10.3. The Labute approximate surface area is 138 Å². The Hall–Kier alpha value is -2.03. The van der Waals surface area contributed by atoms with Gasteiger partial charge in [0.1, 0.15) is 0 Å². The highest BCUT2D eigenvalue weighted by Gasteiger charge is 2.22. The number of halogens is 2. The van der Waals surface area contributed by atoms with E-state index in [2.05, 4.69) is 0 Å². The maximum Gasteiger partial charge on any atom is 0.290 e. The van der Waals surface area contributed by atoms with Crippen molar-refractivity contribution in [1.29, 1.82) is 0 Å². The molecule has 0 unspecified atom stereocenters. The van der Waals surface area contributed by atoms with Gasteiger partial charge >= 0.3 is 0 Å². The number of nitrogens with zero attached hydrogens (tertiary/aromatic N) is 2. The van der Waals surface area contributed by atoms with Gasteiger partial charge in [-0.3, -0.25) is 20.2 Å². The first kappa shape index (κ1) is 16.3. The molecule has 0 saturated carbocycles. The lowest BCUT2D eigenvalue weighted by atomic mass is 10.3. The highest BCUT2D eigenvalue weighted by Crippen LogP contribution is 2.44. The normalized spacial score (nSPS) is 10.5. The molecule has 0 amide bonds. The van der Waals surface area contributed by atoms with Gasteiger partial charge in [0.05, 0.1) is 41.4 Å². The van der Waals surface area contributed by atoms with Gasteiger partial charge in [0, 0.05) is 6.07 Å². The third kappa shape index (κ3) is 3.24. The number of nitrogens with two attached hydrogens (primary N) is 1. The van der Waals surface area contributed by atoms with Crippen LogP contribution in [0.3, 0.4) is 0 Å². The van der Waals surface area contributed by atoms with E-state index in [9.17, 15) is 20.2 Å². The summed E-state index contributed by atoms with van der Waals surface area (Å²) in [6, 6.07) is 6.35. The third-order valence-corrected chi connectivity index (χ3v) is 4.62.